The lowest BCUT2D eigenvalue weighted by atomic mass is 10.1. The van der Waals surface area contributed by atoms with Gasteiger partial charge in [-0.3, -0.25) is 9.59 Å². The van der Waals surface area contributed by atoms with Crippen molar-refractivity contribution in [1.29, 1.82) is 0 Å². The Hall–Kier alpha value is -3.02. The van der Waals surface area contributed by atoms with Crippen LogP contribution in [0.5, 0.6) is 5.75 Å². The van der Waals surface area contributed by atoms with E-state index in [0.29, 0.717) is 11.3 Å². The summed E-state index contributed by atoms with van der Waals surface area (Å²) in [6.45, 7) is 6.18. The molecule has 2 amide bonds. The Morgan fingerprint density at radius 2 is 1.83 bits per heavy atom. The Morgan fingerprint density at radius 1 is 1.07 bits per heavy atom. The molecule has 1 fully saturated rings. The topological polar surface area (TPSA) is 84.7 Å². The zero-order valence-electron chi connectivity index (χ0n) is 17.2. The van der Waals surface area contributed by atoms with Gasteiger partial charge in [0.25, 0.3) is 0 Å². The van der Waals surface area contributed by atoms with Crippen LogP contribution in [0.3, 0.4) is 0 Å². The number of aryl methyl sites for hydroxylation is 2. The standard InChI is InChI=1S/C23H29N3O3/c1-16-6-9-21(17(2)14-16)29-13-10-22(27)25-19-15-18(23(24)28)7-8-20(19)26-11-4-3-5-12-26/h6-9,14-15H,3-5,10-13H2,1-2H3,(H2,24,28)(H,25,27). The molecule has 1 heterocycles. The van der Waals surface area contributed by atoms with Gasteiger partial charge < -0.3 is 20.7 Å². The molecule has 0 radical (unpaired) electrons. The quantitative estimate of drug-likeness (QED) is 0.747. The van der Waals surface area contributed by atoms with Gasteiger partial charge in [0, 0.05) is 18.7 Å². The number of amides is 2. The first-order valence-electron chi connectivity index (χ1n) is 10.1. The largest absolute Gasteiger partial charge is 0.493 e. The van der Waals surface area contributed by atoms with Crippen molar-refractivity contribution in [1.82, 2.24) is 0 Å². The number of carbonyl (C=O) groups excluding carboxylic acids is 2. The zero-order valence-corrected chi connectivity index (χ0v) is 17.2. The summed E-state index contributed by atoms with van der Waals surface area (Å²) >= 11 is 0. The Balaban J connectivity index is 1.66. The molecule has 1 saturated heterocycles. The number of piperidine rings is 1. The summed E-state index contributed by atoms with van der Waals surface area (Å²) in [5.41, 5.74) is 9.58. The van der Waals surface area contributed by atoms with Crippen LogP contribution in [0.25, 0.3) is 0 Å². The van der Waals surface area contributed by atoms with Crippen molar-refractivity contribution in [2.75, 3.05) is 29.9 Å². The van der Waals surface area contributed by atoms with Gasteiger partial charge in [-0.15, -0.1) is 0 Å². The van der Waals surface area contributed by atoms with Crippen molar-refractivity contribution in [2.24, 2.45) is 5.73 Å². The van der Waals surface area contributed by atoms with Crippen LogP contribution in [-0.4, -0.2) is 31.5 Å². The molecule has 0 aromatic heterocycles. The third-order valence-electron chi connectivity index (χ3n) is 5.17. The molecule has 0 atom stereocenters. The molecular formula is C23H29N3O3. The molecule has 29 heavy (non-hydrogen) atoms. The molecule has 1 aliphatic rings. The van der Waals surface area contributed by atoms with Crippen molar-refractivity contribution < 1.29 is 14.3 Å². The van der Waals surface area contributed by atoms with Crippen molar-refractivity contribution in [2.45, 2.75) is 39.5 Å². The third-order valence-corrected chi connectivity index (χ3v) is 5.17. The van der Waals surface area contributed by atoms with Crippen LogP contribution in [0.2, 0.25) is 0 Å². The maximum absolute atomic E-state index is 12.5. The van der Waals surface area contributed by atoms with Gasteiger partial charge in [0.2, 0.25) is 11.8 Å². The first kappa shape index (κ1) is 20.7. The summed E-state index contributed by atoms with van der Waals surface area (Å²) in [6.07, 6.45) is 3.67. The zero-order chi connectivity index (χ0) is 20.8. The minimum absolute atomic E-state index is 0.158. The Labute approximate surface area is 172 Å². The number of benzene rings is 2. The monoisotopic (exact) mass is 395 g/mol. The molecule has 0 saturated carbocycles. The number of nitrogens with zero attached hydrogens (tertiary/aromatic N) is 1. The van der Waals surface area contributed by atoms with Crippen LogP contribution >= 0.6 is 0 Å². The van der Waals surface area contributed by atoms with Gasteiger partial charge in [-0.1, -0.05) is 17.7 Å². The van der Waals surface area contributed by atoms with Crippen LogP contribution < -0.4 is 20.7 Å². The van der Waals surface area contributed by atoms with E-state index in [1.165, 1.54) is 12.0 Å². The van der Waals surface area contributed by atoms with Crippen LogP contribution in [-0.2, 0) is 4.79 Å². The fourth-order valence-corrected chi connectivity index (χ4v) is 3.63. The lowest BCUT2D eigenvalue weighted by Gasteiger charge is -2.30. The first-order chi connectivity index (χ1) is 13.9. The van der Waals surface area contributed by atoms with E-state index in [9.17, 15) is 9.59 Å². The highest BCUT2D eigenvalue weighted by Crippen LogP contribution is 2.30. The van der Waals surface area contributed by atoms with Crippen LogP contribution in [0, 0.1) is 13.8 Å². The second-order valence-electron chi connectivity index (χ2n) is 7.56. The lowest BCUT2D eigenvalue weighted by molar-refractivity contribution is -0.116. The number of rotatable bonds is 7. The predicted molar refractivity (Wildman–Crippen MR) is 116 cm³/mol. The molecule has 154 valence electrons. The minimum Gasteiger partial charge on any atom is -0.493 e. The highest BCUT2D eigenvalue weighted by molar-refractivity contribution is 5.99. The average Bonchev–Trinajstić information content (AvgIpc) is 2.70. The molecule has 0 aliphatic carbocycles. The van der Waals surface area contributed by atoms with Gasteiger partial charge in [-0.25, -0.2) is 0 Å². The number of hydrogen-bond donors (Lipinski definition) is 2. The highest BCUT2D eigenvalue weighted by Gasteiger charge is 2.17. The van der Waals surface area contributed by atoms with E-state index in [1.807, 2.05) is 32.0 Å². The maximum atomic E-state index is 12.5. The SMILES string of the molecule is Cc1ccc(OCCC(=O)Nc2cc(C(N)=O)ccc2N2CCCCC2)c(C)c1. The molecular weight excluding hydrogens is 366 g/mol. The van der Waals surface area contributed by atoms with Crippen LogP contribution in [0.1, 0.15) is 47.2 Å². The fraction of sp³-hybridized carbons (Fsp3) is 0.391. The molecule has 3 rings (SSSR count). The summed E-state index contributed by atoms with van der Waals surface area (Å²) in [6, 6.07) is 11.2. The normalized spacial score (nSPS) is 13.8. The minimum atomic E-state index is -0.510. The third kappa shape index (κ3) is 5.50. The lowest BCUT2D eigenvalue weighted by Crippen LogP contribution is -2.30. The summed E-state index contributed by atoms with van der Waals surface area (Å²) in [5.74, 6) is 0.117. The van der Waals surface area contributed by atoms with Crippen molar-refractivity contribution in [3.05, 3.63) is 53.1 Å². The van der Waals surface area contributed by atoms with Gasteiger partial charge in [0.15, 0.2) is 0 Å². The van der Waals surface area contributed by atoms with E-state index in [2.05, 4.69) is 16.3 Å². The van der Waals surface area contributed by atoms with Crippen molar-refractivity contribution in [3.8, 4) is 5.75 Å². The molecule has 0 spiro atoms. The number of hydrogen-bond acceptors (Lipinski definition) is 4. The van der Waals surface area contributed by atoms with Crippen molar-refractivity contribution >= 4 is 23.2 Å². The summed E-state index contributed by atoms with van der Waals surface area (Å²) in [4.78, 5) is 26.4. The van der Waals surface area contributed by atoms with E-state index in [0.717, 1.165) is 42.9 Å². The number of primary amides is 1. The van der Waals surface area contributed by atoms with Gasteiger partial charge >= 0.3 is 0 Å². The van der Waals surface area contributed by atoms with Gasteiger partial charge in [0.1, 0.15) is 5.75 Å². The van der Waals surface area contributed by atoms with E-state index in [-0.39, 0.29) is 18.9 Å². The van der Waals surface area contributed by atoms with E-state index < -0.39 is 5.91 Å². The van der Waals surface area contributed by atoms with E-state index in [4.69, 9.17) is 10.5 Å². The van der Waals surface area contributed by atoms with Crippen LogP contribution in [0.4, 0.5) is 11.4 Å². The van der Waals surface area contributed by atoms with Gasteiger partial charge in [0.05, 0.1) is 24.4 Å². The molecule has 3 N–H and O–H groups in total. The fourth-order valence-electron chi connectivity index (χ4n) is 3.63. The summed E-state index contributed by atoms with van der Waals surface area (Å²) in [5, 5.41) is 2.94. The second kappa shape index (κ2) is 9.45. The highest BCUT2D eigenvalue weighted by atomic mass is 16.5. The second-order valence-corrected chi connectivity index (χ2v) is 7.56. The molecule has 2 aromatic carbocycles. The Kier molecular flexibility index (Phi) is 6.75. The van der Waals surface area contributed by atoms with E-state index >= 15 is 0 Å². The number of anilines is 2. The van der Waals surface area contributed by atoms with Crippen LogP contribution in [0.15, 0.2) is 36.4 Å². The van der Waals surface area contributed by atoms with Crippen molar-refractivity contribution in [3.63, 3.8) is 0 Å². The molecule has 1 aliphatic heterocycles. The number of nitrogens with two attached hydrogens (primary N) is 1. The Bertz CT molecular complexity index is 889. The molecule has 2 aromatic rings. The molecule has 0 unspecified atom stereocenters. The van der Waals surface area contributed by atoms with E-state index in [1.54, 1.807) is 12.1 Å². The smallest absolute Gasteiger partial charge is 0.248 e. The Morgan fingerprint density at radius 3 is 2.52 bits per heavy atom. The molecule has 0 bridgehead atoms. The van der Waals surface area contributed by atoms with Gasteiger partial charge in [-0.2, -0.15) is 0 Å². The average molecular weight is 396 g/mol. The number of carbonyl (C=O) groups is 2. The first-order valence-corrected chi connectivity index (χ1v) is 10.1. The van der Waals surface area contributed by atoms with Gasteiger partial charge in [-0.05, 0) is 62.9 Å². The summed E-state index contributed by atoms with van der Waals surface area (Å²) in [7, 11) is 0. The number of nitrogens with one attached hydrogen (secondary N) is 1. The predicted octanol–water partition coefficient (Wildman–Crippen LogP) is 3.80. The molecule has 6 heteroatoms. The summed E-state index contributed by atoms with van der Waals surface area (Å²) < 4.78 is 5.76. The number of ether oxygens (including phenoxy) is 1. The molecule has 6 nitrogen and oxygen atoms in total. The maximum Gasteiger partial charge on any atom is 0.248 e.